The molecular weight excluding hydrogens is 194 g/mol. The predicted octanol–water partition coefficient (Wildman–Crippen LogP) is -0.946. The number of carboxylic acids is 2. The normalized spacial score (nSPS) is 8.14. The van der Waals surface area contributed by atoms with Gasteiger partial charge in [0.15, 0.2) is 0 Å². The molecule has 0 unspecified atom stereocenters. The molecule has 0 aliphatic rings. The Morgan fingerprint density at radius 3 is 1.79 bits per heavy atom. The second-order valence-corrected chi connectivity index (χ2v) is 2.07. The predicted molar refractivity (Wildman–Crippen MR) is 45.6 cm³/mol. The number of ether oxygens (including phenoxy) is 1. The van der Waals surface area contributed by atoms with Gasteiger partial charge in [0.05, 0.1) is 26.5 Å². The van der Waals surface area contributed by atoms with Gasteiger partial charge in [0.2, 0.25) is 0 Å². The first-order valence-electron chi connectivity index (χ1n) is 3.64. The van der Waals surface area contributed by atoms with E-state index in [1.165, 1.54) is 7.11 Å². The maximum Gasteiger partial charge on any atom is 0.317 e. The molecule has 7 heteroatoms. The van der Waals surface area contributed by atoms with Crippen molar-refractivity contribution in [3.63, 3.8) is 0 Å². The minimum Gasteiger partial charge on any atom is -0.481 e. The molecule has 0 aliphatic heterocycles. The van der Waals surface area contributed by atoms with Gasteiger partial charge in [-0.05, 0) is 0 Å². The molecule has 0 rings (SSSR count). The van der Waals surface area contributed by atoms with E-state index in [4.69, 9.17) is 10.2 Å². The molecule has 0 radical (unpaired) electrons. The Morgan fingerprint density at radius 1 is 1.14 bits per heavy atom. The topological polar surface area (TPSA) is 127 Å². The lowest BCUT2D eigenvalue weighted by molar-refractivity contribution is -0.145. The number of aliphatic carboxylic acids is 2. The van der Waals surface area contributed by atoms with E-state index in [0.29, 0.717) is 0 Å². The molecule has 0 bridgehead atoms. The zero-order valence-electron chi connectivity index (χ0n) is 7.73. The quantitative estimate of drug-likeness (QED) is 0.507. The van der Waals surface area contributed by atoms with Crippen molar-refractivity contribution in [1.29, 1.82) is 0 Å². The Balaban J connectivity index is 0. The highest BCUT2D eigenvalue weighted by Gasteiger charge is 2.02. The summed E-state index contributed by atoms with van der Waals surface area (Å²) >= 11 is 0. The van der Waals surface area contributed by atoms with E-state index < -0.39 is 17.9 Å². The van der Waals surface area contributed by atoms with E-state index >= 15 is 0 Å². The Hall–Kier alpha value is -1.63. The van der Waals surface area contributed by atoms with Crippen LogP contribution in [0.2, 0.25) is 0 Å². The molecule has 14 heavy (non-hydrogen) atoms. The van der Waals surface area contributed by atoms with E-state index in [1.54, 1.807) is 0 Å². The number of nitrogens with two attached hydrogens (primary N) is 1. The number of methoxy groups -OCH3 is 1. The highest BCUT2D eigenvalue weighted by atomic mass is 16.5. The first-order chi connectivity index (χ1) is 6.43. The number of carboxylic acid groups (broad SMARTS) is 2. The van der Waals surface area contributed by atoms with Crippen molar-refractivity contribution in [2.45, 2.75) is 12.8 Å². The molecule has 0 saturated carbocycles. The summed E-state index contributed by atoms with van der Waals surface area (Å²) in [6, 6.07) is 0. The second-order valence-electron chi connectivity index (χ2n) is 2.07. The highest BCUT2D eigenvalue weighted by Crippen LogP contribution is 1.89. The van der Waals surface area contributed by atoms with Crippen LogP contribution in [0, 0.1) is 0 Å². The first-order valence-corrected chi connectivity index (χ1v) is 3.64. The average molecular weight is 207 g/mol. The van der Waals surface area contributed by atoms with Crippen LogP contribution in [0.4, 0.5) is 0 Å². The number of carbonyl (C=O) groups is 3. The zero-order chi connectivity index (χ0) is 11.6. The van der Waals surface area contributed by atoms with Gasteiger partial charge in [-0.15, -0.1) is 0 Å². The van der Waals surface area contributed by atoms with Crippen LogP contribution in [0.25, 0.3) is 0 Å². The van der Waals surface area contributed by atoms with E-state index in [2.05, 4.69) is 10.5 Å². The van der Waals surface area contributed by atoms with Crippen LogP contribution in [0.1, 0.15) is 12.8 Å². The van der Waals surface area contributed by atoms with Crippen molar-refractivity contribution in [1.82, 2.24) is 0 Å². The summed E-state index contributed by atoms with van der Waals surface area (Å²) in [6.45, 7) is -0.278. The van der Waals surface area contributed by atoms with E-state index in [9.17, 15) is 14.4 Å². The van der Waals surface area contributed by atoms with Crippen LogP contribution in [0.3, 0.4) is 0 Å². The van der Waals surface area contributed by atoms with Gasteiger partial charge in [-0.1, -0.05) is 0 Å². The van der Waals surface area contributed by atoms with Crippen molar-refractivity contribution in [2.75, 3.05) is 13.7 Å². The monoisotopic (exact) mass is 207 g/mol. The number of esters is 1. The standard InChI is InChI=1S/C5H8O4.C2H5NO2/c1-9-5(8)3-2-4(6)7;3-1-2(4)5/h2-3H2,1H3,(H,6,7);1,3H2,(H,4,5). The fourth-order valence-electron chi connectivity index (χ4n) is 0.311. The molecule has 0 saturated heterocycles. The second kappa shape index (κ2) is 9.46. The fourth-order valence-corrected chi connectivity index (χ4v) is 0.311. The third kappa shape index (κ3) is 16.8. The van der Waals surface area contributed by atoms with E-state index in [-0.39, 0.29) is 19.4 Å². The molecule has 0 aliphatic carbocycles. The number of hydrogen-bond donors (Lipinski definition) is 3. The molecule has 0 amide bonds. The van der Waals surface area contributed by atoms with Gasteiger partial charge in [-0.25, -0.2) is 0 Å². The maximum atomic E-state index is 10.2. The summed E-state index contributed by atoms with van der Waals surface area (Å²) < 4.78 is 4.20. The number of rotatable bonds is 4. The van der Waals surface area contributed by atoms with Crippen molar-refractivity contribution in [2.24, 2.45) is 5.73 Å². The number of carbonyl (C=O) groups excluding carboxylic acids is 1. The molecule has 0 heterocycles. The lowest BCUT2D eigenvalue weighted by Crippen LogP contribution is -2.10. The van der Waals surface area contributed by atoms with Crippen molar-refractivity contribution < 1.29 is 29.3 Å². The molecule has 0 aromatic carbocycles. The molecule has 0 spiro atoms. The van der Waals surface area contributed by atoms with E-state index in [0.717, 1.165) is 0 Å². The molecule has 0 fully saturated rings. The molecule has 4 N–H and O–H groups in total. The summed E-state index contributed by atoms with van der Waals surface area (Å²) in [5, 5.41) is 15.6. The fraction of sp³-hybridized carbons (Fsp3) is 0.571. The highest BCUT2D eigenvalue weighted by molar-refractivity contribution is 5.76. The summed E-state index contributed by atoms with van der Waals surface area (Å²) in [7, 11) is 1.23. The van der Waals surface area contributed by atoms with Gasteiger partial charge in [0.1, 0.15) is 0 Å². The molecule has 7 nitrogen and oxygen atoms in total. The smallest absolute Gasteiger partial charge is 0.317 e. The third-order valence-electron chi connectivity index (χ3n) is 0.945. The minimum atomic E-state index is -0.986. The van der Waals surface area contributed by atoms with Crippen molar-refractivity contribution in [3.8, 4) is 0 Å². The van der Waals surface area contributed by atoms with Crippen molar-refractivity contribution >= 4 is 17.9 Å². The Morgan fingerprint density at radius 2 is 1.57 bits per heavy atom. The maximum absolute atomic E-state index is 10.2. The van der Waals surface area contributed by atoms with Crippen LogP contribution in [0.5, 0.6) is 0 Å². The third-order valence-corrected chi connectivity index (χ3v) is 0.945. The van der Waals surface area contributed by atoms with Gasteiger partial charge in [-0.2, -0.15) is 0 Å². The zero-order valence-corrected chi connectivity index (χ0v) is 7.73. The Kier molecular flexibility index (Phi) is 10.0. The lowest BCUT2D eigenvalue weighted by atomic mass is 10.3. The van der Waals surface area contributed by atoms with Crippen LogP contribution in [-0.2, 0) is 19.1 Å². The summed E-state index contributed by atoms with van der Waals surface area (Å²) in [5.41, 5.74) is 4.57. The van der Waals surface area contributed by atoms with E-state index in [1.807, 2.05) is 0 Å². The minimum absolute atomic E-state index is 0.0498. The first kappa shape index (κ1) is 14.9. The van der Waals surface area contributed by atoms with Gasteiger partial charge in [0.25, 0.3) is 0 Å². The Bertz CT molecular complexity index is 202. The Labute approximate surface area is 80.5 Å². The van der Waals surface area contributed by atoms with Gasteiger partial charge in [0, 0.05) is 0 Å². The molecule has 82 valence electrons. The van der Waals surface area contributed by atoms with Crippen LogP contribution >= 0.6 is 0 Å². The van der Waals surface area contributed by atoms with Crippen LogP contribution in [0.15, 0.2) is 0 Å². The van der Waals surface area contributed by atoms with Gasteiger partial charge >= 0.3 is 17.9 Å². The van der Waals surface area contributed by atoms with Gasteiger partial charge < -0.3 is 20.7 Å². The SMILES string of the molecule is COC(=O)CCC(=O)O.NCC(=O)O. The molecule has 0 aromatic heterocycles. The van der Waals surface area contributed by atoms with Crippen LogP contribution in [-0.4, -0.2) is 41.8 Å². The molecule has 0 atom stereocenters. The van der Waals surface area contributed by atoms with Crippen LogP contribution < -0.4 is 5.73 Å². The van der Waals surface area contributed by atoms with Crippen molar-refractivity contribution in [3.05, 3.63) is 0 Å². The summed E-state index contributed by atoms with van der Waals surface area (Å²) in [4.78, 5) is 29.3. The summed E-state index contributed by atoms with van der Waals surface area (Å²) in [5.74, 6) is -2.44. The molecule has 0 aromatic rings. The molecular formula is C7H13NO6. The van der Waals surface area contributed by atoms with Gasteiger partial charge in [-0.3, -0.25) is 14.4 Å². The summed E-state index contributed by atoms with van der Waals surface area (Å²) in [6.07, 6.45) is -0.210. The lowest BCUT2D eigenvalue weighted by Gasteiger charge is -1.92. The largest absolute Gasteiger partial charge is 0.481 e. The number of hydrogen-bond acceptors (Lipinski definition) is 5. The average Bonchev–Trinajstić information content (AvgIpc) is 2.14.